The Hall–Kier alpha value is -1.75. The molecule has 1 aromatic rings. The largest absolute Gasteiger partial charge is 0.388 e. The predicted molar refractivity (Wildman–Crippen MR) is 89.1 cm³/mol. The van der Waals surface area contributed by atoms with Crippen molar-refractivity contribution in [1.29, 1.82) is 0 Å². The zero-order valence-electron chi connectivity index (χ0n) is 13.3. The quantitative estimate of drug-likeness (QED) is 0.676. The van der Waals surface area contributed by atoms with E-state index in [0.717, 1.165) is 38.6 Å². The van der Waals surface area contributed by atoms with Crippen molar-refractivity contribution in [3.05, 3.63) is 30.3 Å². The summed E-state index contributed by atoms with van der Waals surface area (Å²) in [5, 5.41) is 15.8. The van der Waals surface area contributed by atoms with E-state index in [0.29, 0.717) is 13.1 Å². The molecule has 5 heteroatoms. The van der Waals surface area contributed by atoms with Crippen LogP contribution in [0.3, 0.4) is 0 Å². The number of hydrogen-bond donors (Lipinski definition) is 3. The Morgan fingerprint density at radius 3 is 2.59 bits per heavy atom. The van der Waals surface area contributed by atoms with Crippen LogP contribution in [0.4, 0.5) is 10.5 Å². The van der Waals surface area contributed by atoms with E-state index < -0.39 is 5.60 Å². The molecule has 0 heterocycles. The first-order valence-electron chi connectivity index (χ1n) is 8.09. The van der Waals surface area contributed by atoms with Crippen LogP contribution in [0.2, 0.25) is 0 Å². The highest BCUT2D eigenvalue weighted by molar-refractivity contribution is 5.73. The minimum absolute atomic E-state index is 0.192. The topological polar surface area (TPSA) is 64.6 Å². The van der Waals surface area contributed by atoms with E-state index in [1.54, 1.807) is 0 Å². The second-order valence-corrected chi connectivity index (χ2v) is 6.15. The molecule has 122 valence electrons. The third kappa shape index (κ3) is 5.22. The Morgan fingerprint density at radius 2 is 1.91 bits per heavy atom. The van der Waals surface area contributed by atoms with Crippen LogP contribution in [0.25, 0.3) is 0 Å². The van der Waals surface area contributed by atoms with Crippen molar-refractivity contribution in [2.24, 2.45) is 0 Å². The van der Waals surface area contributed by atoms with Gasteiger partial charge in [-0.1, -0.05) is 31.0 Å². The Bertz CT molecular complexity index is 458. The maximum atomic E-state index is 11.7. The molecule has 0 atom stereocenters. The van der Waals surface area contributed by atoms with E-state index in [-0.39, 0.29) is 6.03 Å². The fourth-order valence-corrected chi connectivity index (χ4v) is 2.85. The average molecular weight is 305 g/mol. The van der Waals surface area contributed by atoms with Crippen LogP contribution in [0.15, 0.2) is 30.3 Å². The molecule has 1 aliphatic carbocycles. The number of urea groups is 1. The molecule has 1 saturated carbocycles. The van der Waals surface area contributed by atoms with Crippen LogP contribution in [0, 0.1) is 0 Å². The van der Waals surface area contributed by atoms with Crippen molar-refractivity contribution < 1.29 is 9.90 Å². The lowest BCUT2D eigenvalue weighted by molar-refractivity contribution is 0.0501. The zero-order valence-corrected chi connectivity index (χ0v) is 13.3. The summed E-state index contributed by atoms with van der Waals surface area (Å²) in [7, 11) is 2.05. The van der Waals surface area contributed by atoms with Gasteiger partial charge in [0.05, 0.1) is 5.60 Å². The first-order chi connectivity index (χ1) is 10.6. The summed E-state index contributed by atoms with van der Waals surface area (Å²) in [5.74, 6) is 0. The lowest BCUT2D eigenvalue weighted by Crippen LogP contribution is -2.45. The number of hydrogen-bond acceptors (Lipinski definition) is 3. The summed E-state index contributed by atoms with van der Waals surface area (Å²) >= 11 is 0. The number of amides is 2. The molecule has 22 heavy (non-hydrogen) atoms. The number of carbonyl (C=O) groups excluding carboxylic acids is 1. The van der Waals surface area contributed by atoms with Crippen molar-refractivity contribution in [2.45, 2.75) is 37.7 Å². The monoisotopic (exact) mass is 305 g/mol. The fraction of sp³-hybridized carbons (Fsp3) is 0.588. The van der Waals surface area contributed by atoms with Gasteiger partial charge in [-0.3, -0.25) is 0 Å². The van der Waals surface area contributed by atoms with Crippen molar-refractivity contribution in [1.82, 2.24) is 10.6 Å². The van der Waals surface area contributed by atoms with Crippen LogP contribution >= 0.6 is 0 Å². The van der Waals surface area contributed by atoms with Gasteiger partial charge in [-0.25, -0.2) is 4.79 Å². The number of rotatable bonds is 7. The third-order valence-corrected chi connectivity index (χ3v) is 4.27. The van der Waals surface area contributed by atoms with Gasteiger partial charge in [-0.15, -0.1) is 0 Å². The van der Waals surface area contributed by atoms with Gasteiger partial charge in [-0.2, -0.15) is 0 Å². The van der Waals surface area contributed by atoms with E-state index in [1.807, 2.05) is 25.2 Å². The first-order valence-corrected chi connectivity index (χ1v) is 8.09. The highest BCUT2D eigenvalue weighted by Crippen LogP contribution is 2.28. The predicted octanol–water partition coefficient (Wildman–Crippen LogP) is 2.12. The average Bonchev–Trinajstić information content (AvgIpc) is 2.97. The van der Waals surface area contributed by atoms with Gasteiger partial charge >= 0.3 is 6.03 Å². The normalized spacial score (nSPS) is 16.3. The number of benzene rings is 1. The van der Waals surface area contributed by atoms with Crippen LogP contribution in [-0.2, 0) is 0 Å². The number of nitrogens with one attached hydrogen (secondary N) is 2. The molecular formula is C17H27N3O2. The van der Waals surface area contributed by atoms with E-state index in [1.165, 1.54) is 5.69 Å². The van der Waals surface area contributed by atoms with Crippen molar-refractivity contribution in [3.8, 4) is 0 Å². The van der Waals surface area contributed by atoms with E-state index in [2.05, 4.69) is 27.7 Å². The molecule has 1 fully saturated rings. The molecule has 0 radical (unpaired) electrons. The Labute approximate surface area is 132 Å². The van der Waals surface area contributed by atoms with Crippen LogP contribution in [0.5, 0.6) is 0 Å². The van der Waals surface area contributed by atoms with Gasteiger partial charge in [0.2, 0.25) is 0 Å². The minimum atomic E-state index is -0.690. The minimum Gasteiger partial charge on any atom is -0.388 e. The Kier molecular flexibility index (Phi) is 6.07. The van der Waals surface area contributed by atoms with Crippen LogP contribution < -0.4 is 15.5 Å². The molecular weight excluding hydrogens is 278 g/mol. The third-order valence-electron chi connectivity index (χ3n) is 4.27. The number of anilines is 1. The maximum Gasteiger partial charge on any atom is 0.314 e. The standard InChI is InChI=1S/C17H27N3O2/c1-20(15-8-3-2-4-9-15)13-7-12-18-16(21)19-14-17(22)10-5-6-11-17/h2-4,8-9,22H,5-7,10-14H2,1H3,(H2,18,19,21). The number of aliphatic hydroxyl groups is 1. The van der Waals surface area contributed by atoms with E-state index >= 15 is 0 Å². The van der Waals surface area contributed by atoms with Gasteiger partial charge in [0.15, 0.2) is 0 Å². The summed E-state index contributed by atoms with van der Waals surface area (Å²) < 4.78 is 0. The Balaban J connectivity index is 1.57. The van der Waals surface area contributed by atoms with Gasteiger partial charge in [0.1, 0.15) is 0 Å². The molecule has 0 bridgehead atoms. The molecule has 1 aromatic carbocycles. The molecule has 2 rings (SSSR count). The number of para-hydroxylation sites is 1. The Morgan fingerprint density at radius 1 is 1.23 bits per heavy atom. The van der Waals surface area contributed by atoms with Crippen molar-refractivity contribution >= 4 is 11.7 Å². The molecule has 1 aliphatic rings. The number of nitrogens with zero attached hydrogens (tertiary/aromatic N) is 1. The lowest BCUT2D eigenvalue weighted by atomic mass is 10.0. The molecule has 0 aliphatic heterocycles. The molecule has 3 N–H and O–H groups in total. The molecule has 0 spiro atoms. The molecule has 2 amide bonds. The summed E-state index contributed by atoms with van der Waals surface area (Å²) in [6.07, 6.45) is 4.55. The highest BCUT2D eigenvalue weighted by atomic mass is 16.3. The highest BCUT2D eigenvalue weighted by Gasteiger charge is 2.31. The van der Waals surface area contributed by atoms with Gasteiger partial charge < -0.3 is 20.6 Å². The van der Waals surface area contributed by atoms with E-state index in [9.17, 15) is 9.90 Å². The summed E-state index contributed by atoms with van der Waals surface area (Å²) in [5.41, 5.74) is 0.487. The maximum absolute atomic E-state index is 11.7. The van der Waals surface area contributed by atoms with Crippen LogP contribution in [0.1, 0.15) is 32.1 Å². The van der Waals surface area contributed by atoms with Crippen LogP contribution in [-0.4, -0.2) is 43.4 Å². The van der Waals surface area contributed by atoms with Crippen molar-refractivity contribution in [3.63, 3.8) is 0 Å². The van der Waals surface area contributed by atoms with Gasteiger partial charge in [-0.05, 0) is 31.4 Å². The van der Waals surface area contributed by atoms with Crippen molar-refractivity contribution in [2.75, 3.05) is 31.6 Å². The number of carbonyl (C=O) groups is 1. The van der Waals surface area contributed by atoms with E-state index in [4.69, 9.17) is 0 Å². The summed E-state index contributed by atoms with van der Waals surface area (Å²) in [6, 6.07) is 9.99. The lowest BCUT2D eigenvalue weighted by Gasteiger charge is -2.22. The summed E-state index contributed by atoms with van der Waals surface area (Å²) in [6.45, 7) is 1.86. The molecule has 0 saturated heterocycles. The second kappa shape index (κ2) is 8.03. The van der Waals surface area contributed by atoms with Gasteiger partial charge in [0.25, 0.3) is 0 Å². The molecule has 0 unspecified atom stereocenters. The zero-order chi connectivity index (χ0) is 15.8. The second-order valence-electron chi connectivity index (χ2n) is 6.15. The SMILES string of the molecule is CN(CCCNC(=O)NCC1(O)CCCC1)c1ccccc1. The molecule has 5 nitrogen and oxygen atoms in total. The van der Waals surface area contributed by atoms with Gasteiger partial charge in [0, 0.05) is 32.4 Å². The summed E-state index contributed by atoms with van der Waals surface area (Å²) in [4.78, 5) is 13.9. The smallest absolute Gasteiger partial charge is 0.314 e. The fourth-order valence-electron chi connectivity index (χ4n) is 2.85. The first kappa shape index (κ1) is 16.6. The molecule has 0 aromatic heterocycles.